The van der Waals surface area contributed by atoms with Crippen LogP contribution in [-0.4, -0.2) is 31.3 Å². The van der Waals surface area contributed by atoms with Crippen molar-refractivity contribution >= 4 is 5.95 Å². The summed E-state index contributed by atoms with van der Waals surface area (Å²) in [7, 11) is 1.78. The van der Waals surface area contributed by atoms with Gasteiger partial charge in [0.2, 0.25) is 5.95 Å². The predicted octanol–water partition coefficient (Wildman–Crippen LogP) is 0.378. The van der Waals surface area contributed by atoms with Crippen LogP contribution in [0.3, 0.4) is 0 Å². The Morgan fingerprint density at radius 1 is 1.29 bits per heavy atom. The van der Waals surface area contributed by atoms with Gasteiger partial charge in [-0.1, -0.05) is 0 Å². The minimum absolute atomic E-state index is 0.0438. The summed E-state index contributed by atoms with van der Waals surface area (Å²) in [5.74, 6) is 0.558. The van der Waals surface area contributed by atoms with Crippen molar-refractivity contribution in [1.82, 2.24) is 24.7 Å². The van der Waals surface area contributed by atoms with Gasteiger partial charge in [-0.05, 0) is 6.92 Å². The van der Waals surface area contributed by atoms with E-state index in [1.54, 1.807) is 24.1 Å². The van der Waals surface area contributed by atoms with Crippen molar-refractivity contribution in [1.29, 1.82) is 0 Å². The number of rotatable bonds is 4. The van der Waals surface area contributed by atoms with Gasteiger partial charge in [-0.2, -0.15) is 15.1 Å². The number of anilines is 1. The molecule has 0 atom stereocenters. The molecule has 2 aromatic rings. The Hall–Kier alpha value is -2.38. The average molecular weight is 236 g/mol. The maximum Gasteiger partial charge on any atom is 0.330 e. The van der Waals surface area contributed by atoms with E-state index < -0.39 is 0 Å². The summed E-state index contributed by atoms with van der Waals surface area (Å²) in [6.07, 6.45) is 3.22. The SMILES string of the molecule is CCOc1nc(N)nc(Oc2cnn(C)c2)n1. The van der Waals surface area contributed by atoms with Crippen LogP contribution in [0.2, 0.25) is 0 Å². The highest BCUT2D eigenvalue weighted by molar-refractivity contribution is 5.24. The van der Waals surface area contributed by atoms with Crippen LogP contribution in [-0.2, 0) is 7.05 Å². The van der Waals surface area contributed by atoms with Crippen LogP contribution in [0.5, 0.6) is 17.8 Å². The van der Waals surface area contributed by atoms with E-state index in [2.05, 4.69) is 20.1 Å². The number of hydrogen-bond acceptors (Lipinski definition) is 7. The summed E-state index contributed by atoms with van der Waals surface area (Å²) in [6, 6.07) is 0.216. The highest BCUT2D eigenvalue weighted by Gasteiger charge is 2.08. The maximum atomic E-state index is 5.51. The first-order chi connectivity index (χ1) is 8.17. The van der Waals surface area contributed by atoms with E-state index in [0.29, 0.717) is 12.4 Å². The molecule has 2 rings (SSSR count). The number of aromatic nitrogens is 5. The number of nitrogens with two attached hydrogens (primary N) is 1. The van der Waals surface area contributed by atoms with Crippen molar-refractivity contribution in [3.63, 3.8) is 0 Å². The second-order valence-corrected chi connectivity index (χ2v) is 3.14. The largest absolute Gasteiger partial charge is 0.464 e. The summed E-state index contributed by atoms with van der Waals surface area (Å²) < 4.78 is 12.1. The number of ether oxygens (including phenoxy) is 2. The van der Waals surface area contributed by atoms with E-state index >= 15 is 0 Å². The van der Waals surface area contributed by atoms with Gasteiger partial charge in [0.1, 0.15) is 0 Å². The molecule has 0 aliphatic heterocycles. The van der Waals surface area contributed by atoms with Crippen molar-refractivity contribution < 1.29 is 9.47 Å². The molecular weight excluding hydrogens is 224 g/mol. The third-order valence-electron chi connectivity index (χ3n) is 1.78. The molecule has 0 spiro atoms. The molecule has 0 saturated heterocycles. The molecule has 0 amide bonds. The molecule has 8 heteroatoms. The lowest BCUT2D eigenvalue weighted by Crippen LogP contribution is -2.04. The molecule has 0 bridgehead atoms. The lowest BCUT2D eigenvalue weighted by Gasteiger charge is -2.04. The van der Waals surface area contributed by atoms with Crippen LogP contribution in [0.25, 0.3) is 0 Å². The Balaban J connectivity index is 2.20. The molecule has 17 heavy (non-hydrogen) atoms. The van der Waals surface area contributed by atoms with Gasteiger partial charge in [0, 0.05) is 7.05 Å². The fourth-order valence-electron chi connectivity index (χ4n) is 1.15. The van der Waals surface area contributed by atoms with Gasteiger partial charge in [-0.25, -0.2) is 0 Å². The smallest absolute Gasteiger partial charge is 0.330 e. The van der Waals surface area contributed by atoms with Crippen LogP contribution in [0.4, 0.5) is 5.95 Å². The summed E-state index contributed by atoms with van der Waals surface area (Å²) in [4.78, 5) is 11.6. The molecule has 2 N–H and O–H groups in total. The van der Waals surface area contributed by atoms with Crippen molar-refractivity contribution in [2.45, 2.75) is 6.92 Å². The van der Waals surface area contributed by atoms with Gasteiger partial charge >= 0.3 is 12.0 Å². The molecule has 2 heterocycles. The van der Waals surface area contributed by atoms with Crippen LogP contribution in [0.15, 0.2) is 12.4 Å². The normalized spacial score (nSPS) is 10.2. The van der Waals surface area contributed by atoms with Crippen molar-refractivity contribution in [2.24, 2.45) is 7.05 Å². The zero-order chi connectivity index (χ0) is 12.3. The third-order valence-corrected chi connectivity index (χ3v) is 1.78. The third kappa shape index (κ3) is 2.80. The Morgan fingerprint density at radius 3 is 2.71 bits per heavy atom. The minimum Gasteiger partial charge on any atom is -0.464 e. The van der Waals surface area contributed by atoms with Crippen LogP contribution in [0.1, 0.15) is 6.92 Å². The molecule has 0 radical (unpaired) electrons. The molecule has 0 saturated carbocycles. The number of nitrogens with zero attached hydrogens (tertiary/aromatic N) is 5. The van der Waals surface area contributed by atoms with Crippen molar-refractivity contribution in [2.75, 3.05) is 12.3 Å². The van der Waals surface area contributed by atoms with E-state index in [4.69, 9.17) is 15.2 Å². The first-order valence-electron chi connectivity index (χ1n) is 4.98. The summed E-state index contributed by atoms with van der Waals surface area (Å²) in [5, 5.41) is 3.95. The van der Waals surface area contributed by atoms with E-state index in [-0.39, 0.29) is 18.0 Å². The standard InChI is InChI=1S/C9H12N6O2/c1-3-16-8-12-7(10)13-9(14-8)17-6-4-11-15(2)5-6/h4-5H,3H2,1-2H3,(H2,10,12,13,14). The second kappa shape index (κ2) is 4.64. The van der Waals surface area contributed by atoms with Gasteiger partial charge in [0.05, 0.1) is 19.0 Å². The first-order valence-corrected chi connectivity index (χ1v) is 4.98. The van der Waals surface area contributed by atoms with E-state index in [9.17, 15) is 0 Å². The fourth-order valence-corrected chi connectivity index (χ4v) is 1.15. The van der Waals surface area contributed by atoms with Crippen LogP contribution >= 0.6 is 0 Å². The van der Waals surface area contributed by atoms with Crippen LogP contribution in [0, 0.1) is 0 Å². The van der Waals surface area contributed by atoms with E-state index in [0.717, 1.165) is 0 Å². The van der Waals surface area contributed by atoms with Gasteiger partial charge in [0.25, 0.3) is 0 Å². The second-order valence-electron chi connectivity index (χ2n) is 3.14. The van der Waals surface area contributed by atoms with Gasteiger partial charge < -0.3 is 15.2 Å². The maximum absolute atomic E-state index is 5.51. The zero-order valence-electron chi connectivity index (χ0n) is 9.49. The molecule has 0 aliphatic rings. The van der Waals surface area contributed by atoms with Gasteiger partial charge in [-0.3, -0.25) is 4.68 Å². The first kappa shape index (κ1) is 11.1. The molecule has 0 aromatic carbocycles. The lowest BCUT2D eigenvalue weighted by atomic mass is 10.6. The predicted molar refractivity (Wildman–Crippen MR) is 58.7 cm³/mol. The molecular formula is C9H12N6O2. The van der Waals surface area contributed by atoms with E-state index in [1.165, 1.54) is 0 Å². The molecule has 90 valence electrons. The monoisotopic (exact) mass is 236 g/mol. The Kier molecular flexibility index (Phi) is 3.03. The molecule has 0 aliphatic carbocycles. The lowest BCUT2D eigenvalue weighted by molar-refractivity contribution is 0.304. The summed E-state index contributed by atoms with van der Waals surface area (Å²) in [6.45, 7) is 2.26. The van der Waals surface area contributed by atoms with Gasteiger partial charge in [0.15, 0.2) is 5.75 Å². The van der Waals surface area contributed by atoms with E-state index in [1.807, 2.05) is 6.92 Å². The Bertz CT molecular complexity index is 512. The van der Waals surface area contributed by atoms with Crippen molar-refractivity contribution in [3.8, 4) is 17.8 Å². The molecule has 0 unspecified atom stereocenters. The molecule has 0 fully saturated rings. The summed E-state index contributed by atoms with van der Waals surface area (Å²) >= 11 is 0. The zero-order valence-corrected chi connectivity index (χ0v) is 9.49. The minimum atomic E-state index is 0.0438. The summed E-state index contributed by atoms with van der Waals surface area (Å²) in [5.41, 5.74) is 5.51. The van der Waals surface area contributed by atoms with Crippen LogP contribution < -0.4 is 15.2 Å². The molecule has 8 nitrogen and oxygen atoms in total. The number of hydrogen-bond donors (Lipinski definition) is 1. The highest BCUT2D eigenvalue weighted by Crippen LogP contribution is 2.18. The van der Waals surface area contributed by atoms with Crippen molar-refractivity contribution in [3.05, 3.63) is 12.4 Å². The molecule has 2 aromatic heterocycles. The number of nitrogen functional groups attached to an aromatic ring is 1. The van der Waals surface area contributed by atoms with Gasteiger partial charge in [-0.15, -0.1) is 4.98 Å². The average Bonchev–Trinajstić information content (AvgIpc) is 2.63. The Morgan fingerprint density at radius 2 is 2.06 bits per heavy atom. The topological polar surface area (TPSA) is 101 Å². The Labute approximate surface area is 97.4 Å². The fraction of sp³-hybridized carbons (Fsp3) is 0.333. The number of aryl methyl sites for hydroxylation is 1. The highest BCUT2D eigenvalue weighted by atomic mass is 16.5. The quantitative estimate of drug-likeness (QED) is 0.818.